The zero-order chi connectivity index (χ0) is 12.9. The van der Waals surface area contributed by atoms with Gasteiger partial charge in [0.1, 0.15) is 0 Å². The third kappa shape index (κ3) is 10.1. The minimum Gasteiger partial charge on any atom is -0.212 e. The lowest BCUT2D eigenvalue weighted by molar-refractivity contribution is 0.533. The van der Waals surface area contributed by atoms with Crippen LogP contribution in [0.1, 0.15) is 71.6 Å². The van der Waals surface area contributed by atoms with Crippen molar-refractivity contribution in [3.05, 3.63) is 11.9 Å². The van der Waals surface area contributed by atoms with E-state index in [1.165, 1.54) is 18.9 Å². The molecule has 0 N–H and O–H groups in total. The van der Waals surface area contributed by atoms with Crippen LogP contribution in [0.15, 0.2) is 11.9 Å². The molecule has 2 heteroatoms. The fraction of sp³-hybridized carbons (Fsp3) is 0.800. The molecule has 1 atom stereocenters. The summed E-state index contributed by atoms with van der Waals surface area (Å²) in [5, 5.41) is 8.92. The topological polar surface area (TPSA) is 23.8 Å². The minimum atomic E-state index is -0.229. The largest absolute Gasteiger partial charge is 0.212 e. The van der Waals surface area contributed by atoms with Gasteiger partial charge in [0.05, 0.1) is 17.8 Å². The fourth-order valence-electron chi connectivity index (χ4n) is 1.82. The van der Waals surface area contributed by atoms with Crippen molar-refractivity contribution in [2.75, 3.05) is 0 Å². The van der Waals surface area contributed by atoms with Gasteiger partial charge in [-0.3, -0.25) is 0 Å². The molecule has 0 aromatic carbocycles. The Bertz CT molecular complexity index is 240. The first-order valence-corrected chi connectivity index (χ1v) is 7.00. The van der Waals surface area contributed by atoms with Crippen LogP contribution in [-0.4, -0.2) is 0 Å². The molecule has 0 aliphatic heterocycles. The first-order chi connectivity index (χ1) is 8.24. The maximum absolute atomic E-state index is 13.5. The average molecular weight is 239 g/mol. The molecule has 0 aromatic heterocycles. The van der Waals surface area contributed by atoms with Crippen molar-refractivity contribution in [1.82, 2.24) is 0 Å². The molecule has 0 aromatic rings. The molecule has 0 aliphatic carbocycles. The first-order valence-electron chi connectivity index (χ1n) is 7.00. The predicted octanol–water partition coefficient (Wildman–Crippen LogP) is 5.53. The molecule has 1 nitrogen and oxygen atoms in total. The molecule has 0 spiro atoms. The Morgan fingerprint density at radius 1 is 1.12 bits per heavy atom. The number of halogens is 1. The van der Waals surface area contributed by atoms with E-state index < -0.39 is 0 Å². The molecular weight excluding hydrogens is 213 g/mol. The normalized spacial score (nSPS) is 13.4. The summed E-state index contributed by atoms with van der Waals surface area (Å²) in [6, 6.07) is 2.18. The number of nitriles is 1. The molecule has 0 bridgehead atoms. The van der Waals surface area contributed by atoms with Gasteiger partial charge >= 0.3 is 0 Å². The van der Waals surface area contributed by atoms with Crippen molar-refractivity contribution in [3.63, 3.8) is 0 Å². The van der Waals surface area contributed by atoms with Gasteiger partial charge in [-0.05, 0) is 25.3 Å². The Morgan fingerprint density at radius 2 is 1.76 bits per heavy atom. The zero-order valence-corrected chi connectivity index (χ0v) is 11.3. The lowest BCUT2D eigenvalue weighted by Gasteiger charge is -2.04. The summed E-state index contributed by atoms with van der Waals surface area (Å²) in [6.07, 6.45) is 10.5. The Kier molecular flexibility index (Phi) is 11.1. The van der Waals surface area contributed by atoms with Crippen LogP contribution in [0.3, 0.4) is 0 Å². The summed E-state index contributed by atoms with van der Waals surface area (Å²) in [7, 11) is 0. The van der Waals surface area contributed by atoms with E-state index in [2.05, 4.69) is 19.9 Å². The first kappa shape index (κ1) is 16.2. The van der Waals surface area contributed by atoms with Gasteiger partial charge in [-0.2, -0.15) is 5.26 Å². The van der Waals surface area contributed by atoms with Crippen LogP contribution in [0.5, 0.6) is 0 Å². The maximum atomic E-state index is 13.5. The number of hydrogen-bond acceptors (Lipinski definition) is 1. The van der Waals surface area contributed by atoms with Gasteiger partial charge < -0.3 is 0 Å². The van der Waals surface area contributed by atoms with Gasteiger partial charge in [-0.15, -0.1) is 0 Å². The second kappa shape index (κ2) is 11.6. The van der Waals surface area contributed by atoms with Gasteiger partial charge in [-0.25, -0.2) is 4.39 Å². The van der Waals surface area contributed by atoms with E-state index in [1.807, 2.05) is 0 Å². The molecule has 0 radical (unpaired) electrons. The third-order valence-electron chi connectivity index (χ3n) is 2.94. The highest BCUT2D eigenvalue weighted by molar-refractivity contribution is 5.04. The molecule has 17 heavy (non-hydrogen) atoms. The Balaban J connectivity index is 3.83. The molecule has 0 saturated heterocycles. The molecule has 98 valence electrons. The lowest BCUT2D eigenvalue weighted by atomic mass is 10.0. The summed E-state index contributed by atoms with van der Waals surface area (Å²) in [4.78, 5) is 0. The van der Waals surface area contributed by atoms with E-state index in [-0.39, 0.29) is 11.7 Å². The standard InChI is InChI=1S/C15H26FN/c1-3-5-7-9-11-15(16)12-14(13-17)10-8-6-4-2/h12,14H,3-11H2,1-2H3/b15-12-. The Morgan fingerprint density at radius 3 is 2.35 bits per heavy atom. The average Bonchev–Trinajstić information content (AvgIpc) is 2.33. The smallest absolute Gasteiger partial charge is 0.0972 e. The van der Waals surface area contributed by atoms with Crippen molar-refractivity contribution in [3.8, 4) is 6.07 Å². The summed E-state index contributed by atoms with van der Waals surface area (Å²) < 4.78 is 13.5. The van der Waals surface area contributed by atoms with Crippen LogP contribution in [-0.2, 0) is 0 Å². The summed E-state index contributed by atoms with van der Waals surface area (Å²) in [6.45, 7) is 4.27. The van der Waals surface area contributed by atoms with Crippen molar-refractivity contribution < 1.29 is 4.39 Å². The van der Waals surface area contributed by atoms with E-state index in [9.17, 15) is 4.39 Å². The highest BCUT2D eigenvalue weighted by Crippen LogP contribution is 2.17. The van der Waals surface area contributed by atoms with Crippen molar-refractivity contribution in [2.45, 2.75) is 71.6 Å². The van der Waals surface area contributed by atoms with Crippen LogP contribution in [0.25, 0.3) is 0 Å². The molecule has 0 aliphatic rings. The third-order valence-corrected chi connectivity index (χ3v) is 2.94. The van der Waals surface area contributed by atoms with E-state index >= 15 is 0 Å². The molecule has 1 unspecified atom stereocenters. The van der Waals surface area contributed by atoms with Crippen molar-refractivity contribution >= 4 is 0 Å². The van der Waals surface area contributed by atoms with Gasteiger partial charge in [0.2, 0.25) is 0 Å². The highest BCUT2D eigenvalue weighted by atomic mass is 19.1. The SMILES string of the molecule is CCCCCC/C(F)=C/C(C#N)CCCCC. The van der Waals surface area contributed by atoms with Crippen molar-refractivity contribution in [1.29, 1.82) is 5.26 Å². The van der Waals surface area contributed by atoms with Crippen LogP contribution in [0.2, 0.25) is 0 Å². The number of allylic oxidation sites excluding steroid dienone is 2. The zero-order valence-electron chi connectivity index (χ0n) is 11.3. The molecule has 0 rings (SSSR count). The second-order valence-electron chi connectivity index (χ2n) is 4.66. The van der Waals surface area contributed by atoms with Gasteiger partial charge in [0.25, 0.3) is 0 Å². The highest BCUT2D eigenvalue weighted by Gasteiger charge is 2.05. The number of hydrogen-bond donors (Lipinski definition) is 0. The molecule has 0 amide bonds. The van der Waals surface area contributed by atoms with E-state index in [4.69, 9.17) is 5.26 Å². The Hall–Kier alpha value is -0.840. The maximum Gasteiger partial charge on any atom is 0.0972 e. The molecule has 0 saturated carbocycles. The predicted molar refractivity (Wildman–Crippen MR) is 71.2 cm³/mol. The monoisotopic (exact) mass is 239 g/mol. The van der Waals surface area contributed by atoms with Crippen LogP contribution in [0.4, 0.5) is 4.39 Å². The Labute approximate surface area is 106 Å². The summed E-state index contributed by atoms with van der Waals surface area (Å²) in [5.74, 6) is -0.322. The van der Waals surface area contributed by atoms with Gasteiger partial charge in [-0.1, -0.05) is 52.4 Å². The van der Waals surface area contributed by atoms with Crippen LogP contribution in [0, 0.1) is 17.2 Å². The summed E-state index contributed by atoms with van der Waals surface area (Å²) >= 11 is 0. The number of nitrogens with zero attached hydrogens (tertiary/aromatic N) is 1. The quantitative estimate of drug-likeness (QED) is 0.460. The molecule has 0 fully saturated rings. The molecule has 0 heterocycles. The second-order valence-corrected chi connectivity index (χ2v) is 4.66. The lowest BCUT2D eigenvalue weighted by Crippen LogP contribution is -1.94. The minimum absolute atomic E-state index is 0.0934. The van der Waals surface area contributed by atoms with E-state index in [0.717, 1.165) is 38.5 Å². The van der Waals surface area contributed by atoms with Gasteiger partial charge in [0.15, 0.2) is 0 Å². The number of unbranched alkanes of at least 4 members (excludes halogenated alkanes) is 5. The number of rotatable bonds is 10. The molecular formula is C15H26FN. The fourth-order valence-corrected chi connectivity index (χ4v) is 1.82. The van der Waals surface area contributed by atoms with Gasteiger partial charge in [0, 0.05) is 0 Å². The van der Waals surface area contributed by atoms with E-state index in [1.54, 1.807) is 0 Å². The van der Waals surface area contributed by atoms with E-state index in [0.29, 0.717) is 6.42 Å². The van der Waals surface area contributed by atoms with Crippen LogP contribution < -0.4 is 0 Å². The van der Waals surface area contributed by atoms with Crippen molar-refractivity contribution in [2.24, 2.45) is 5.92 Å². The summed E-state index contributed by atoms with van der Waals surface area (Å²) in [5.41, 5.74) is 0. The van der Waals surface area contributed by atoms with Crippen LogP contribution >= 0.6 is 0 Å².